The van der Waals surface area contributed by atoms with Crippen LogP contribution in [-0.2, 0) is 6.54 Å². The Bertz CT molecular complexity index is 793. The van der Waals surface area contributed by atoms with Crippen molar-refractivity contribution in [1.82, 2.24) is 29.1 Å². The van der Waals surface area contributed by atoms with E-state index >= 15 is 0 Å². The van der Waals surface area contributed by atoms with Crippen molar-refractivity contribution in [2.45, 2.75) is 35.8 Å². The molecule has 0 aliphatic carbocycles. The van der Waals surface area contributed by atoms with Gasteiger partial charge in [0.15, 0.2) is 15.3 Å². The summed E-state index contributed by atoms with van der Waals surface area (Å²) in [5.74, 6) is 1.98. The average Bonchev–Trinajstić information content (AvgIpc) is 3.17. The van der Waals surface area contributed by atoms with E-state index in [4.69, 9.17) is 0 Å². The molecule has 0 spiro atoms. The first-order valence-corrected chi connectivity index (χ1v) is 8.74. The normalized spacial score (nSPS) is 11.1. The molecule has 3 aromatic rings. The summed E-state index contributed by atoms with van der Waals surface area (Å²) in [7, 11) is 0. The first-order chi connectivity index (χ1) is 11.2. The summed E-state index contributed by atoms with van der Waals surface area (Å²) >= 11 is 2.87. The van der Waals surface area contributed by atoms with E-state index in [1.807, 2.05) is 22.8 Å². The average molecular weight is 344 g/mol. The van der Waals surface area contributed by atoms with Crippen LogP contribution in [0.1, 0.15) is 25.6 Å². The van der Waals surface area contributed by atoms with Crippen LogP contribution in [0.15, 0.2) is 46.7 Å². The third kappa shape index (κ3) is 3.48. The molecule has 3 aromatic heterocycles. The Morgan fingerprint density at radius 2 is 2.09 bits per heavy atom. The van der Waals surface area contributed by atoms with Gasteiger partial charge in [0.2, 0.25) is 0 Å². The second kappa shape index (κ2) is 7.01. The molecule has 6 nitrogen and oxygen atoms in total. The van der Waals surface area contributed by atoms with E-state index in [2.05, 4.69) is 45.0 Å². The van der Waals surface area contributed by atoms with Crippen LogP contribution in [0, 0.1) is 0 Å². The zero-order valence-corrected chi connectivity index (χ0v) is 14.5. The number of aromatic nitrogens is 6. The first-order valence-electron chi connectivity index (χ1n) is 7.15. The Morgan fingerprint density at radius 3 is 2.74 bits per heavy atom. The standard InChI is InChI=1S/C15H16N6S2/c1-4-9-21-13(11-5-7-16-8-6-11)18-19-14(21)22-15-17-12(10(2)3)20-23-15/h4-8,10H,1,9H2,2-3H3. The van der Waals surface area contributed by atoms with E-state index in [1.54, 1.807) is 12.4 Å². The van der Waals surface area contributed by atoms with Crippen molar-refractivity contribution in [2.24, 2.45) is 0 Å². The fraction of sp³-hybridized carbons (Fsp3) is 0.267. The van der Waals surface area contributed by atoms with Crippen molar-refractivity contribution in [3.8, 4) is 11.4 Å². The van der Waals surface area contributed by atoms with Crippen LogP contribution in [0.25, 0.3) is 11.4 Å². The third-order valence-corrected chi connectivity index (χ3v) is 4.84. The molecule has 0 aliphatic rings. The lowest BCUT2D eigenvalue weighted by Crippen LogP contribution is -2.00. The van der Waals surface area contributed by atoms with Gasteiger partial charge in [-0.3, -0.25) is 9.55 Å². The van der Waals surface area contributed by atoms with Crippen LogP contribution >= 0.6 is 23.3 Å². The minimum Gasteiger partial charge on any atom is -0.298 e. The van der Waals surface area contributed by atoms with Crippen molar-refractivity contribution in [3.05, 3.63) is 43.0 Å². The maximum atomic E-state index is 4.54. The molecule has 0 atom stereocenters. The van der Waals surface area contributed by atoms with Gasteiger partial charge < -0.3 is 0 Å². The highest BCUT2D eigenvalue weighted by atomic mass is 32.2. The molecular weight excluding hydrogens is 328 g/mol. The van der Waals surface area contributed by atoms with Crippen molar-refractivity contribution in [2.75, 3.05) is 0 Å². The minimum atomic E-state index is 0.319. The zero-order chi connectivity index (χ0) is 16.2. The van der Waals surface area contributed by atoms with E-state index in [0.717, 1.165) is 26.7 Å². The largest absolute Gasteiger partial charge is 0.298 e. The molecule has 3 heterocycles. The SMILES string of the molecule is C=CCn1c(Sc2nc(C(C)C)ns2)nnc1-c1ccncc1. The highest BCUT2D eigenvalue weighted by Gasteiger charge is 2.16. The second-order valence-electron chi connectivity index (χ2n) is 5.12. The fourth-order valence-corrected chi connectivity index (χ4v) is 3.64. The molecule has 0 saturated heterocycles. The van der Waals surface area contributed by atoms with Crippen molar-refractivity contribution < 1.29 is 0 Å². The molecule has 0 aromatic carbocycles. The Morgan fingerprint density at radius 1 is 1.30 bits per heavy atom. The van der Waals surface area contributed by atoms with Crippen LogP contribution in [-0.4, -0.2) is 29.1 Å². The first kappa shape index (κ1) is 15.8. The van der Waals surface area contributed by atoms with E-state index in [1.165, 1.54) is 23.3 Å². The van der Waals surface area contributed by atoms with E-state index in [9.17, 15) is 0 Å². The van der Waals surface area contributed by atoms with Crippen molar-refractivity contribution in [3.63, 3.8) is 0 Å². The summed E-state index contributed by atoms with van der Waals surface area (Å²) in [5, 5.41) is 9.40. The fourth-order valence-electron chi connectivity index (χ4n) is 1.95. The Kier molecular flexibility index (Phi) is 4.82. The molecule has 0 unspecified atom stereocenters. The Hall–Kier alpha value is -2.06. The van der Waals surface area contributed by atoms with Crippen LogP contribution < -0.4 is 0 Å². The number of pyridine rings is 1. The van der Waals surface area contributed by atoms with Gasteiger partial charge in [0.25, 0.3) is 0 Å². The molecule has 0 fully saturated rings. The molecule has 23 heavy (non-hydrogen) atoms. The summed E-state index contributed by atoms with van der Waals surface area (Å²) in [5.41, 5.74) is 0.973. The number of hydrogen-bond donors (Lipinski definition) is 0. The monoisotopic (exact) mass is 344 g/mol. The predicted molar refractivity (Wildman–Crippen MR) is 91.6 cm³/mol. The molecule has 0 amide bonds. The topological polar surface area (TPSA) is 69.4 Å². The van der Waals surface area contributed by atoms with Gasteiger partial charge in [-0.15, -0.1) is 16.8 Å². The van der Waals surface area contributed by atoms with Gasteiger partial charge in [-0.1, -0.05) is 19.9 Å². The number of rotatable bonds is 6. The molecular formula is C15H16N6S2. The van der Waals surface area contributed by atoms with E-state index in [0.29, 0.717) is 12.5 Å². The summed E-state index contributed by atoms with van der Waals surface area (Å²) in [4.78, 5) is 8.58. The smallest absolute Gasteiger partial charge is 0.198 e. The quantitative estimate of drug-likeness (QED) is 0.636. The lowest BCUT2D eigenvalue weighted by Gasteiger charge is -2.06. The third-order valence-electron chi connectivity index (χ3n) is 3.09. The predicted octanol–water partition coefficient (Wildman–Crippen LogP) is 3.65. The van der Waals surface area contributed by atoms with Gasteiger partial charge in [0.05, 0.1) is 0 Å². The molecule has 3 rings (SSSR count). The highest BCUT2D eigenvalue weighted by molar-refractivity contribution is 8.00. The Balaban J connectivity index is 1.92. The summed E-state index contributed by atoms with van der Waals surface area (Å²) in [6, 6.07) is 3.83. The van der Waals surface area contributed by atoms with E-state index in [-0.39, 0.29) is 0 Å². The van der Waals surface area contributed by atoms with Gasteiger partial charge in [0, 0.05) is 30.4 Å². The minimum absolute atomic E-state index is 0.319. The maximum absolute atomic E-state index is 4.54. The number of hydrogen-bond acceptors (Lipinski definition) is 7. The molecule has 0 radical (unpaired) electrons. The van der Waals surface area contributed by atoms with Crippen LogP contribution in [0.4, 0.5) is 0 Å². The summed E-state index contributed by atoms with van der Waals surface area (Å²) < 4.78 is 7.26. The van der Waals surface area contributed by atoms with Crippen LogP contribution in [0.2, 0.25) is 0 Å². The second-order valence-corrected chi connectivity index (χ2v) is 7.08. The van der Waals surface area contributed by atoms with Gasteiger partial charge in [-0.05, 0) is 35.4 Å². The number of allylic oxidation sites excluding steroid dienone is 1. The van der Waals surface area contributed by atoms with Crippen molar-refractivity contribution in [1.29, 1.82) is 0 Å². The van der Waals surface area contributed by atoms with E-state index < -0.39 is 0 Å². The number of nitrogens with zero attached hydrogens (tertiary/aromatic N) is 6. The van der Waals surface area contributed by atoms with Gasteiger partial charge in [0.1, 0.15) is 5.82 Å². The van der Waals surface area contributed by atoms with Gasteiger partial charge >= 0.3 is 0 Å². The summed E-state index contributed by atoms with van der Waals surface area (Å²) in [6.07, 6.45) is 5.32. The summed E-state index contributed by atoms with van der Waals surface area (Å²) in [6.45, 7) is 8.61. The Labute approximate surface area is 142 Å². The van der Waals surface area contributed by atoms with Crippen LogP contribution in [0.5, 0.6) is 0 Å². The maximum Gasteiger partial charge on any atom is 0.198 e. The molecule has 0 N–H and O–H groups in total. The van der Waals surface area contributed by atoms with Gasteiger partial charge in [-0.25, -0.2) is 4.98 Å². The zero-order valence-electron chi connectivity index (χ0n) is 12.9. The highest BCUT2D eigenvalue weighted by Crippen LogP contribution is 2.31. The lowest BCUT2D eigenvalue weighted by molar-refractivity contribution is 0.730. The molecule has 0 aliphatic heterocycles. The molecule has 0 saturated carbocycles. The molecule has 8 heteroatoms. The molecule has 118 valence electrons. The molecule has 0 bridgehead atoms. The van der Waals surface area contributed by atoms with Crippen molar-refractivity contribution >= 4 is 23.3 Å². The van der Waals surface area contributed by atoms with Crippen LogP contribution in [0.3, 0.4) is 0 Å². The lowest BCUT2D eigenvalue weighted by atomic mass is 10.2. The van der Waals surface area contributed by atoms with Gasteiger partial charge in [-0.2, -0.15) is 4.37 Å².